The second kappa shape index (κ2) is 10.1. The quantitative estimate of drug-likeness (QED) is 0.667. The molecule has 0 bridgehead atoms. The van der Waals surface area contributed by atoms with Crippen molar-refractivity contribution in [3.63, 3.8) is 0 Å². The van der Waals surface area contributed by atoms with Gasteiger partial charge in [0.05, 0.1) is 0 Å². The molecule has 0 atom stereocenters. The molecule has 9 heteroatoms. The van der Waals surface area contributed by atoms with Crippen molar-refractivity contribution < 1.29 is 22.7 Å². The molecule has 2 fully saturated rings. The number of likely N-dealkylation sites (tertiary alicyclic amines) is 2. The SMILES string of the molecule is N/C=C\C(=C/N)CN1CCC(F)(C(=O)N2CCC(Oc3ccc(F)cc3F)CC2)CC1. The van der Waals surface area contributed by atoms with Crippen LogP contribution in [0, 0.1) is 11.6 Å². The lowest BCUT2D eigenvalue weighted by atomic mass is 9.90. The Balaban J connectivity index is 1.49. The molecule has 0 aromatic heterocycles. The van der Waals surface area contributed by atoms with E-state index in [0.717, 1.165) is 17.7 Å². The average Bonchev–Trinajstić information content (AvgIpc) is 2.77. The summed E-state index contributed by atoms with van der Waals surface area (Å²) in [6.07, 6.45) is 5.42. The molecule has 1 aromatic rings. The van der Waals surface area contributed by atoms with Gasteiger partial charge in [0, 0.05) is 64.5 Å². The van der Waals surface area contributed by atoms with Crippen LogP contribution < -0.4 is 16.2 Å². The Labute approximate surface area is 180 Å². The van der Waals surface area contributed by atoms with Gasteiger partial charge in [-0.25, -0.2) is 13.2 Å². The first-order chi connectivity index (χ1) is 14.8. The van der Waals surface area contributed by atoms with Crippen LogP contribution in [0.4, 0.5) is 13.2 Å². The molecular weight excluding hydrogens is 409 g/mol. The summed E-state index contributed by atoms with van der Waals surface area (Å²) in [4.78, 5) is 16.4. The van der Waals surface area contributed by atoms with E-state index in [2.05, 4.69) is 0 Å². The molecule has 0 spiro atoms. The lowest BCUT2D eigenvalue weighted by Gasteiger charge is -2.40. The minimum absolute atomic E-state index is 0.0177. The lowest BCUT2D eigenvalue weighted by molar-refractivity contribution is -0.149. The molecule has 0 saturated carbocycles. The van der Waals surface area contributed by atoms with Crippen LogP contribution in [0.5, 0.6) is 5.75 Å². The number of benzene rings is 1. The molecule has 2 heterocycles. The van der Waals surface area contributed by atoms with E-state index in [1.165, 1.54) is 23.4 Å². The molecule has 0 aliphatic carbocycles. The lowest BCUT2D eigenvalue weighted by Crippen LogP contribution is -2.54. The second-order valence-corrected chi connectivity index (χ2v) is 8.03. The van der Waals surface area contributed by atoms with Gasteiger partial charge in [-0.3, -0.25) is 9.69 Å². The van der Waals surface area contributed by atoms with Crippen LogP contribution in [0.3, 0.4) is 0 Å². The van der Waals surface area contributed by atoms with E-state index in [1.807, 2.05) is 4.90 Å². The summed E-state index contributed by atoms with van der Waals surface area (Å²) >= 11 is 0. The van der Waals surface area contributed by atoms with Crippen molar-refractivity contribution in [2.24, 2.45) is 11.5 Å². The van der Waals surface area contributed by atoms with Crippen molar-refractivity contribution in [1.29, 1.82) is 0 Å². The fourth-order valence-electron chi connectivity index (χ4n) is 4.03. The molecule has 0 unspecified atom stereocenters. The third-order valence-corrected chi connectivity index (χ3v) is 5.88. The number of carbonyl (C=O) groups excluding carboxylic acids is 1. The fourth-order valence-corrected chi connectivity index (χ4v) is 4.03. The van der Waals surface area contributed by atoms with Gasteiger partial charge in [-0.1, -0.05) is 0 Å². The molecule has 2 saturated heterocycles. The Hall–Kier alpha value is -2.68. The van der Waals surface area contributed by atoms with Crippen molar-refractivity contribution in [2.45, 2.75) is 37.5 Å². The van der Waals surface area contributed by atoms with Crippen LogP contribution in [0.1, 0.15) is 25.7 Å². The molecule has 3 rings (SSSR count). The highest BCUT2D eigenvalue weighted by Crippen LogP contribution is 2.31. The predicted molar refractivity (Wildman–Crippen MR) is 112 cm³/mol. The molecule has 170 valence electrons. The number of alkyl halides is 1. The monoisotopic (exact) mass is 438 g/mol. The van der Waals surface area contributed by atoms with Gasteiger partial charge in [0.2, 0.25) is 0 Å². The van der Waals surface area contributed by atoms with Crippen molar-refractivity contribution in [3.8, 4) is 5.75 Å². The third-order valence-electron chi connectivity index (χ3n) is 5.88. The van der Waals surface area contributed by atoms with Gasteiger partial charge < -0.3 is 21.1 Å². The highest BCUT2D eigenvalue weighted by atomic mass is 19.1. The third kappa shape index (κ3) is 5.72. The van der Waals surface area contributed by atoms with E-state index in [9.17, 15) is 13.6 Å². The van der Waals surface area contributed by atoms with Gasteiger partial charge in [0.1, 0.15) is 11.9 Å². The number of halogens is 3. The minimum atomic E-state index is -1.89. The van der Waals surface area contributed by atoms with Gasteiger partial charge >= 0.3 is 0 Å². The van der Waals surface area contributed by atoms with E-state index in [-0.39, 0.29) is 24.7 Å². The number of hydrogen-bond donors (Lipinski definition) is 2. The Morgan fingerprint density at radius 2 is 1.84 bits per heavy atom. The van der Waals surface area contributed by atoms with E-state index in [4.69, 9.17) is 16.2 Å². The average molecular weight is 438 g/mol. The highest BCUT2D eigenvalue weighted by molar-refractivity contribution is 5.85. The summed E-state index contributed by atoms with van der Waals surface area (Å²) in [7, 11) is 0. The van der Waals surface area contributed by atoms with E-state index < -0.39 is 23.2 Å². The Morgan fingerprint density at radius 3 is 2.42 bits per heavy atom. The Kier molecular flexibility index (Phi) is 7.48. The summed E-state index contributed by atoms with van der Waals surface area (Å²) in [5, 5.41) is 0. The van der Waals surface area contributed by atoms with Crippen LogP contribution in [-0.4, -0.2) is 60.2 Å². The number of hydrogen-bond acceptors (Lipinski definition) is 5. The molecule has 2 aliphatic rings. The predicted octanol–water partition coefficient (Wildman–Crippen LogP) is 2.45. The number of carbonyl (C=O) groups is 1. The maximum Gasteiger partial charge on any atom is 0.260 e. The summed E-state index contributed by atoms with van der Waals surface area (Å²) in [5.74, 6) is -1.94. The molecule has 2 aliphatic heterocycles. The molecule has 31 heavy (non-hydrogen) atoms. The van der Waals surface area contributed by atoms with Crippen LogP contribution in [0.2, 0.25) is 0 Å². The molecule has 4 N–H and O–H groups in total. The topological polar surface area (TPSA) is 84.8 Å². The molecular formula is C22H29F3N4O2. The van der Waals surface area contributed by atoms with Gasteiger partial charge in [0.15, 0.2) is 17.2 Å². The number of ether oxygens (including phenoxy) is 1. The summed E-state index contributed by atoms with van der Waals surface area (Å²) in [6, 6.07) is 3.15. The first-order valence-electron chi connectivity index (χ1n) is 10.5. The van der Waals surface area contributed by atoms with Crippen molar-refractivity contribution in [3.05, 3.63) is 53.9 Å². The Morgan fingerprint density at radius 1 is 1.16 bits per heavy atom. The first-order valence-corrected chi connectivity index (χ1v) is 10.5. The standard InChI is InChI=1S/C22H29F3N4O2/c23-17-1-2-20(19(24)13-17)31-18-4-9-29(10-5-18)21(30)22(25)6-11-28(12-7-22)15-16(14-27)3-8-26/h1-3,8,13-14,18H,4-7,9-12,15,26-27H2/b8-3-,16-14+. The Bertz CT molecular complexity index is 830. The second-order valence-electron chi connectivity index (χ2n) is 8.03. The maximum atomic E-state index is 15.4. The van der Waals surface area contributed by atoms with E-state index in [1.54, 1.807) is 6.08 Å². The number of nitrogens with two attached hydrogens (primary N) is 2. The number of piperidine rings is 2. The molecule has 1 aromatic carbocycles. The fraction of sp³-hybridized carbons (Fsp3) is 0.500. The van der Waals surface area contributed by atoms with Gasteiger partial charge in [-0.05, 0) is 36.2 Å². The van der Waals surface area contributed by atoms with Crippen LogP contribution in [0.25, 0.3) is 0 Å². The van der Waals surface area contributed by atoms with E-state index in [0.29, 0.717) is 45.6 Å². The number of amides is 1. The number of rotatable bonds is 6. The maximum absolute atomic E-state index is 15.4. The van der Waals surface area contributed by atoms with Gasteiger partial charge in [-0.2, -0.15) is 0 Å². The van der Waals surface area contributed by atoms with Gasteiger partial charge in [-0.15, -0.1) is 0 Å². The first kappa shape index (κ1) is 23.0. The largest absolute Gasteiger partial charge is 0.487 e. The zero-order chi connectivity index (χ0) is 22.4. The molecule has 6 nitrogen and oxygen atoms in total. The normalized spacial score (nSPS) is 20.9. The minimum Gasteiger partial charge on any atom is -0.487 e. The van der Waals surface area contributed by atoms with Crippen molar-refractivity contribution in [1.82, 2.24) is 9.80 Å². The number of nitrogens with zero attached hydrogens (tertiary/aromatic N) is 2. The molecule has 1 amide bonds. The summed E-state index contributed by atoms with van der Waals surface area (Å²) in [6.45, 7) is 2.12. The van der Waals surface area contributed by atoms with E-state index >= 15 is 4.39 Å². The summed E-state index contributed by atoms with van der Waals surface area (Å²) < 4.78 is 47.8. The zero-order valence-corrected chi connectivity index (χ0v) is 17.4. The smallest absolute Gasteiger partial charge is 0.260 e. The highest BCUT2D eigenvalue weighted by Gasteiger charge is 2.44. The van der Waals surface area contributed by atoms with Crippen LogP contribution in [-0.2, 0) is 4.79 Å². The zero-order valence-electron chi connectivity index (χ0n) is 17.4. The summed E-state index contributed by atoms with van der Waals surface area (Å²) in [5.41, 5.74) is 9.91. The van der Waals surface area contributed by atoms with Crippen molar-refractivity contribution >= 4 is 5.91 Å². The van der Waals surface area contributed by atoms with Crippen LogP contribution >= 0.6 is 0 Å². The van der Waals surface area contributed by atoms with Crippen molar-refractivity contribution in [2.75, 3.05) is 32.7 Å². The van der Waals surface area contributed by atoms with Gasteiger partial charge in [0.25, 0.3) is 5.91 Å². The van der Waals surface area contributed by atoms with Crippen LogP contribution in [0.15, 0.2) is 42.2 Å². The molecule has 0 radical (unpaired) electrons.